The molecule has 0 spiro atoms. The molecule has 0 aliphatic carbocycles. The molecule has 19 heteroatoms. The summed E-state index contributed by atoms with van der Waals surface area (Å²) in [6, 6.07) is 0. The molecule has 0 saturated heterocycles. The third-order valence-corrected chi connectivity index (χ3v) is 23.4. The van der Waals surface area contributed by atoms with E-state index in [2.05, 4.69) is 48.5 Å². The van der Waals surface area contributed by atoms with Gasteiger partial charge in [0.1, 0.15) is 19.3 Å². The Morgan fingerprint density at radius 3 is 0.697 bits per heavy atom. The summed E-state index contributed by atoms with van der Waals surface area (Å²) in [5.74, 6) is 0.368. The van der Waals surface area contributed by atoms with Gasteiger partial charge in [-0.2, -0.15) is 0 Å². The first-order valence-electron chi connectivity index (χ1n) is 46.4. The van der Waals surface area contributed by atoms with Gasteiger partial charge in [0.25, 0.3) is 0 Å². The van der Waals surface area contributed by atoms with E-state index in [1.165, 1.54) is 289 Å². The molecule has 0 rings (SSSR count). The number of carbonyl (C=O) groups is 4. The molecule has 0 radical (unpaired) electrons. The second kappa shape index (κ2) is 79.9. The van der Waals surface area contributed by atoms with Gasteiger partial charge in [0.15, 0.2) is 12.2 Å². The summed E-state index contributed by atoms with van der Waals surface area (Å²) < 4.78 is 69.1. The summed E-state index contributed by atoms with van der Waals surface area (Å²) in [5.41, 5.74) is 0. The molecule has 0 aromatic carbocycles. The molecular formula is C90H176O17P2. The largest absolute Gasteiger partial charge is 0.472 e. The van der Waals surface area contributed by atoms with Gasteiger partial charge in [0, 0.05) is 25.7 Å². The van der Waals surface area contributed by atoms with Gasteiger partial charge in [-0.05, 0) is 43.4 Å². The van der Waals surface area contributed by atoms with E-state index in [1.54, 1.807) is 0 Å². The average molecular weight is 1590 g/mol. The molecule has 17 nitrogen and oxygen atoms in total. The number of phosphoric acid groups is 2. The van der Waals surface area contributed by atoms with Crippen molar-refractivity contribution in [3.05, 3.63) is 0 Å². The first-order chi connectivity index (χ1) is 52.8. The van der Waals surface area contributed by atoms with Crippen LogP contribution in [0.4, 0.5) is 0 Å². The van der Waals surface area contributed by atoms with Gasteiger partial charge in [-0.1, -0.05) is 427 Å². The Morgan fingerprint density at radius 2 is 0.468 bits per heavy atom. The van der Waals surface area contributed by atoms with E-state index in [0.29, 0.717) is 25.7 Å². The molecule has 3 unspecified atom stereocenters. The number of aliphatic hydroxyl groups is 1. The number of hydrogen-bond donors (Lipinski definition) is 3. The summed E-state index contributed by atoms with van der Waals surface area (Å²) in [6.45, 7) is 12.1. The third kappa shape index (κ3) is 82.4. The van der Waals surface area contributed by atoms with Crippen LogP contribution < -0.4 is 0 Å². The Morgan fingerprint density at radius 1 is 0.266 bits per heavy atom. The first kappa shape index (κ1) is 107. The van der Waals surface area contributed by atoms with E-state index in [1.807, 2.05) is 0 Å². The second-order valence-electron chi connectivity index (χ2n) is 33.5. The molecule has 6 atom stereocenters. The number of phosphoric ester groups is 2. The Labute approximate surface area is 670 Å². The molecule has 0 amide bonds. The number of ether oxygens (including phenoxy) is 4. The minimum atomic E-state index is -4.97. The molecule has 3 N–H and O–H groups in total. The quantitative estimate of drug-likeness (QED) is 0.0222. The number of unbranched alkanes of at least 4 members (excludes halogenated alkanes) is 55. The molecule has 0 aromatic heterocycles. The van der Waals surface area contributed by atoms with E-state index < -0.39 is 97.5 Å². The Hall–Kier alpha value is -1.94. The predicted octanol–water partition coefficient (Wildman–Crippen LogP) is 27.6. The van der Waals surface area contributed by atoms with Crippen LogP contribution in [0, 0.1) is 17.8 Å². The third-order valence-electron chi connectivity index (χ3n) is 21.5. The molecular weight excluding hydrogens is 1410 g/mol. The molecule has 648 valence electrons. The zero-order valence-corrected chi connectivity index (χ0v) is 73.8. The van der Waals surface area contributed by atoms with Gasteiger partial charge in [0.2, 0.25) is 0 Å². The fourth-order valence-corrected chi connectivity index (χ4v) is 15.6. The summed E-state index contributed by atoms with van der Waals surface area (Å²) in [6.07, 6.45) is 72.0. The number of carbonyl (C=O) groups excluding carboxylic acids is 4. The fraction of sp³-hybridized carbons (Fsp3) is 0.956. The molecule has 0 aromatic rings. The van der Waals surface area contributed by atoms with E-state index in [0.717, 1.165) is 108 Å². The van der Waals surface area contributed by atoms with E-state index >= 15 is 0 Å². The van der Waals surface area contributed by atoms with Crippen LogP contribution in [-0.4, -0.2) is 96.7 Å². The first-order valence-corrected chi connectivity index (χ1v) is 49.4. The van der Waals surface area contributed by atoms with E-state index in [4.69, 9.17) is 37.0 Å². The van der Waals surface area contributed by atoms with Gasteiger partial charge in [0.05, 0.1) is 26.4 Å². The van der Waals surface area contributed by atoms with Crippen LogP contribution in [0.25, 0.3) is 0 Å². The Bertz CT molecular complexity index is 2100. The van der Waals surface area contributed by atoms with Crippen LogP contribution >= 0.6 is 15.6 Å². The van der Waals surface area contributed by atoms with Gasteiger partial charge >= 0.3 is 39.5 Å². The van der Waals surface area contributed by atoms with Crippen LogP contribution in [0.15, 0.2) is 0 Å². The minimum absolute atomic E-state index is 0.108. The average Bonchev–Trinajstić information content (AvgIpc) is 0.895. The minimum Gasteiger partial charge on any atom is -0.462 e. The molecule has 0 aliphatic heterocycles. The van der Waals surface area contributed by atoms with Crippen molar-refractivity contribution in [1.82, 2.24) is 0 Å². The smallest absolute Gasteiger partial charge is 0.462 e. The molecule has 0 saturated carbocycles. The summed E-state index contributed by atoms with van der Waals surface area (Å²) in [4.78, 5) is 73.4. The van der Waals surface area contributed by atoms with Gasteiger partial charge < -0.3 is 33.8 Å². The maximum atomic E-state index is 13.2. The normalized spacial score (nSPS) is 14.1. The summed E-state index contributed by atoms with van der Waals surface area (Å²) >= 11 is 0. The topological polar surface area (TPSA) is 237 Å². The highest BCUT2D eigenvalue weighted by molar-refractivity contribution is 7.47. The van der Waals surface area contributed by atoms with Crippen molar-refractivity contribution in [2.75, 3.05) is 39.6 Å². The second-order valence-corrected chi connectivity index (χ2v) is 36.4. The van der Waals surface area contributed by atoms with Crippen LogP contribution in [0.5, 0.6) is 0 Å². The van der Waals surface area contributed by atoms with Crippen molar-refractivity contribution >= 4 is 39.5 Å². The number of rotatable bonds is 88. The van der Waals surface area contributed by atoms with Crippen LogP contribution in [-0.2, 0) is 65.4 Å². The van der Waals surface area contributed by atoms with Gasteiger partial charge in [-0.25, -0.2) is 9.13 Å². The zero-order valence-electron chi connectivity index (χ0n) is 72.0. The monoisotopic (exact) mass is 1590 g/mol. The lowest BCUT2D eigenvalue weighted by molar-refractivity contribution is -0.161. The summed E-state index contributed by atoms with van der Waals surface area (Å²) in [5, 5.41) is 10.7. The highest BCUT2D eigenvalue weighted by Crippen LogP contribution is 2.45. The van der Waals surface area contributed by atoms with Gasteiger partial charge in [-0.15, -0.1) is 0 Å². The SMILES string of the molecule is CCCCCCCCCCCCCCCC(=O)OC[C@H](COP(=O)(O)OC[C@H](O)COP(=O)(O)OC[C@@H](COC(=O)CCCCCCCCCCCCCCCCC(C)CC)OC(=O)CCCCCCCCCCCCCCCCCCCCC(C)C)OC(=O)CCCCCCCCCCCCCCCCC(C)C. The molecule has 0 bridgehead atoms. The lowest BCUT2D eigenvalue weighted by atomic mass is 9.99. The number of esters is 4. The van der Waals surface area contributed by atoms with Crippen molar-refractivity contribution in [2.45, 2.75) is 497 Å². The molecule has 0 heterocycles. The summed E-state index contributed by atoms with van der Waals surface area (Å²) in [7, 11) is -9.94. The molecule has 0 fully saturated rings. The van der Waals surface area contributed by atoms with Crippen molar-refractivity contribution in [2.24, 2.45) is 17.8 Å². The lowest BCUT2D eigenvalue weighted by Gasteiger charge is -2.21. The number of hydrogen-bond acceptors (Lipinski definition) is 15. The van der Waals surface area contributed by atoms with E-state index in [-0.39, 0.29) is 25.7 Å². The number of aliphatic hydroxyl groups excluding tert-OH is 1. The fourth-order valence-electron chi connectivity index (χ4n) is 14.0. The van der Waals surface area contributed by atoms with Crippen molar-refractivity contribution in [3.8, 4) is 0 Å². The Balaban J connectivity index is 5.27. The molecule has 0 aliphatic rings. The maximum Gasteiger partial charge on any atom is 0.472 e. The molecule has 109 heavy (non-hydrogen) atoms. The van der Waals surface area contributed by atoms with Crippen LogP contribution in [0.1, 0.15) is 479 Å². The lowest BCUT2D eigenvalue weighted by Crippen LogP contribution is -2.30. The van der Waals surface area contributed by atoms with E-state index in [9.17, 15) is 43.2 Å². The van der Waals surface area contributed by atoms with Crippen LogP contribution in [0.2, 0.25) is 0 Å². The van der Waals surface area contributed by atoms with Gasteiger partial charge in [-0.3, -0.25) is 37.3 Å². The highest BCUT2D eigenvalue weighted by atomic mass is 31.2. The zero-order chi connectivity index (χ0) is 80.0. The van der Waals surface area contributed by atoms with Crippen LogP contribution in [0.3, 0.4) is 0 Å². The standard InChI is InChI=1S/C90H176O17P2/c1-8-10-11-12-13-14-15-26-36-43-50-57-64-71-87(92)100-77-85(107-90(95)74-67-60-53-46-39-32-24-22-28-34-41-48-55-62-69-82(5)6)79-104-108(96,97)102-75-84(91)76-103-109(98,99)105-80-86(78-101-88(93)72-65-58-51-44-37-30-25-23-29-35-42-49-56-63-70-83(7)9-2)106-89(94)73-66-59-52-45-38-31-21-19-17-16-18-20-27-33-40-47-54-61-68-81(3)4/h81-86,91H,8-80H2,1-7H3,(H,96,97)(H,98,99)/t83?,84-,85+,86+/m0/s1. The predicted molar refractivity (Wildman–Crippen MR) is 451 cm³/mol. The van der Waals surface area contributed by atoms with Crippen molar-refractivity contribution in [3.63, 3.8) is 0 Å². The highest BCUT2D eigenvalue weighted by Gasteiger charge is 2.31. The maximum absolute atomic E-state index is 13.2. The Kier molecular flexibility index (Phi) is 78.5. The van der Waals surface area contributed by atoms with Crippen molar-refractivity contribution in [1.29, 1.82) is 0 Å². The van der Waals surface area contributed by atoms with Crippen molar-refractivity contribution < 1.29 is 80.2 Å².